The number of rotatable bonds is 11. The number of esters is 5. The zero-order valence-corrected chi connectivity index (χ0v) is 24.0. The normalized spacial score (nSPS) is 10.5. The van der Waals surface area contributed by atoms with Crippen molar-refractivity contribution in [3.05, 3.63) is 96.6 Å². The standard InChI is InChI=1S/C32H30O10/c1-17(2)29(34)39-23-11-22(12-24(13-23)40-30(35)18(3)4)21(9)10-28(33)38-25-14-26(41-31(36)19(5)6)16-27(15-25)42-32(37)20(7)8/h10-16H,1,3,5,7H2,2,4,6,8-9H3/b21-10+. The largest absolute Gasteiger partial charge is 0.423 e. The number of allylic oxidation sites excluding steroid dienone is 1. The molecule has 0 atom stereocenters. The minimum absolute atomic E-state index is 0.0298. The van der Waals surface area contributed by atoms with E-state index in [9.17, 15) is 24.0 Å². The van der Waals surface area contributed by atoms with Crippen LogP contribution in [0.15, 0.2) is 91.1 Å². The molecule has 0 aliphatic heterocycles. The topological polar surface area (TPSA) is 132 Å². The van der Waals surface area contributed by atoms with Gasteiger partial charge in [0, 0.05) is 52.6 Å². The van der Waals surface area contributed by atoms with Gasteiger partial charge in [-0.1, -0.05) is 26.3 Å². The predicted molar refractivity (Wildman–Crippen MR) is 154 cm³/mol. The van der Waals surface area contributed by atoms with Gasteiger partial charge < -0.3 is 23.7 Å². The summed E-state index contributed by atoms with van der Waals surface area (Å²) in [5.41, 5.74) is 1.19. The first-order valence-corrected chi connectivity index (χ1v) is 12.3. The minimum Gasteiger partial charge on any atom is -0.423 e. The van der Waals surface area contributed by atoms with E-state index in [1.165, 1.54) is 64.1 Å². The van der Waals surface area contributed by atoms with Gasteiger partial charge in [0.05, 0.1) is 0 Å². The number of benzene rings is 2. The molecule has 0 spiro atoms. The molecule has 10 nitrogen and oxygen atoms in total. The lowest BCUT2D eigenvalue weighted by molar-refractivity contribution is -0.131. The van der Waals surface area contributed by atoms with Crippen molar-refractivity contribution in [3.8, 4) is 28.7 Å². The van der Waals surface area contributed by atoms with E-state index in [4.69, 9.17) is 23.7 Å². The smallest absolute Gasteiger partial charge is 0.338 e. The van der Waals surface area contributed by atoms with Crippen molar-refractivity contribution in [3.63, 3.8) is 0 Å². The van der Waals surface area contributed by atoms with Crippen LogP contribution < -0.4 is 23.7 Å². The van der Waals surface area contributed by atoms with Gasteiger partial charge in [-0.15, -0.1) is 0 Å². The average molecular weight is 575 g/mol. The van der Waals surface area contributed by atoms with Gasteiger partial charge in [-0.3, -0.25) is 0 Å². The van der Waals surface area contributed by atoms with Crippen molar-refractivity contribution in [1.82, 2.24) is 0 Å². The average Bonchev–Trinajstić information content (AvgIpc) is 2.87. The van der Waals surface area contributed by atoms with Gasteiger partial charge in [0.1, 0.15) is 28.7 Å². The molecule has 0 saturated carbocycles. The molecule has 218 valence electrons. The summed E-state index contributed by atoms with van der Waals surface area (Å²) in [6.45, 7) is 21.5. The third kappa shape index (κ3) is 9.91. The molecule has 0 fully saturated rings. The molecule has 2 aromatic carbocycles. The fourth-order valence-corrected chi connectivity index (χ4v) is 2.82. The Morgan fingerprint density at radius 2 is 0.738 bits per heavy atom. The van der Waals surface area contributed by atoms with Crippen LogP contribution in [0.2, 0.25) is 0 Å². The number of carbonyl (C=O) groups excluding carboxylic acids is 5. The molecule has 0 amide bonds. The van der Waals surface area contributed by atoms with Crippen LogP contribution in [0, 0.1) is 0 Å². The molecular weight excluding hydrogens is 544 g/mol. The molecule has 0 saturated heterocycles. The van der Waals surface area contributed by atoms with Gasteiger partial charge in [0.15, 0.2) is 0 Å². The predicted octanol–water partition coefficient (Wildman–Crippen LogP) is 5.62. The minimum atomic E-state index is -0.863. The van der Waals surface area contributed by atoms with Crippen LogP contribution in [-0.4, -0.2) is 29.8 Å². The van der Waals surface area contributed by atoms with E-state index in [1.54, 1.807) is 6.92 Å². The maximum Gasteiger partial charge on any atom is 0.338 e. The highest BCUT2D eigenvalue weighted by atomic mass is 16.6. The van der Waals surface area contributed by atoms with E-state index < -0.39 is 29.8 Å². The van der Waals surface area contributed by atoms with Crippen molar-refractivity contribution >= 4 is 35.4 Å². The lowest BCUT2D eigenvalue weighted by atomic mass is 10.1. The Labute approximate surface area is 243 Å². The van der Waals surface area contributed by atoms with Crippen LogP contribution >= 0.6 is 0 Å². The molecule has 0 bridgehead atoms. The van der Waals surface area contributed by atoms with E-state index >= 15 is 0 Å². The first-order valence-electron chi connectivity index (χ1n) is 12.3. The lowest BCUT2D eigenvalue weighted by Crippen LogP contribution is -2.12. The van der Waals surface area contributed by atoms with E-state index in [2.05, 4.69) is 26.3 Å². The zero-order valence-electron chi connectivity index (χ0n) is 24.0. The molecule has 10 heteroatoms. The van der Waals surface area contributed by atoms with E-state index in [-0.39, 0.29) is 51.0 Å². The van der Waals surface area contributed by atoms with Gasteiger partial charge in [0.25, 0.3) is 0 Å². The number of hydrogen-bond acceptors (Lipinski definition) is 10. The molecule has 0 aromatic heterocycles. The van der Waals surface area contributed by atoms with Crippen LogP contribution in [0.5, 0.6) is 28.7 Å². The molecule has 0 N–H and O–H groups in total. The fraction of sp³-hybridized carbons (Fsp3) is 0.156. The number of carbonyl (C=O) groups is 5. The fourth-order valence-electron chi connectivity index (χ4n) is 2.82. The molecule has 0 aliphatic carbocycles. The van der Waals surface area contributed by atoms with Gasteiger partial charge in [-0.05, 0) is 57.9 Å². The first kappa shape index (κ1) is 32.7. The Morgan fingerprint density at radius 1 is 0.476 bits per heavy atom. The Kier molecular flexibility index (Phi) is 11.1. The third-order valence-corrected chi connectivity index (χ3v) is 4.98. The van der Waals surface area contributed by atoms with Crippen molar-refractivity contribution in [2.24, 2.45) is 0 Å². The number of ether oxygens (including phenoxy) is 5. The SMILES string of the molecule is C=C(C)C(=O)Oc1cc(OC(=O)/C=C(\C)c2cc(OC(=O)C(=C)C)cc(OC(=O)C(=C)C)c2)cc(OC(=O)C(=C)C)c1. The second-order valence-corrected chi connectivity index (χ2v) is 9.26. The summed E-state index contributed by atoms with van der Waals surface area (Å²) in [6, 6.07) is 7.96. The van der Waals surface area contributed by atoms with Crippen molar-refractivity contribution in [1.29, 1.82) is 0 Å². The van der Waals surface area contributed by atoms with Crippen molar-refractivity contribution < 1.29 is 47.7 Å². The molecule has 0 heterocycles. The summed E-state index contributed by atoms with van der Waals surface area (Å²) in [6.07, 6.45) is 1.12. The highest BCUT2D eigenvalue weighted by Gasteiger charge is 2.16. The molecule has 0 radical (unpaired) electrons. The third-order valence-electron chi connectivity index (χ3n) is 4.98. The second kappa shape index (κ2) is 14.2. The maximum absolute atomic E-state index is 12.8. The molecule has 2 aromatic rings. The van der Waals surface area contributed by atoms with Crippen LogP contribution in [0.25, 0.3) is 5.57 Å². The molecule has 0 unspecified atom stereocenters. The lowest BCUT2D eigenvalue weighted by Gasteiger charge is -2.12. The first-order chi connectivity index (χ1) is 19.5. The Bertz CT molecular complexity index is 1460. The van der Waals surface area contributed by atoms with Crippen molar-refractivity contribution in [2.75, 3.05) is 0 Å². The summed E-state index contributed by atoms with van der Waals surface area (Å²) >= 11 is 0. The summed E-state index contributed by atoms with van der Waals surface area (Å²) in [5, 5.41) is 0. The van der Waals surface area contributed by atoms with Crippen LogP contribution in [-0.2, 0) is 24.0 Å². The highest BCUT2D eigenvalue weighted by Crippen LogP contribution is 2.31. The quantitative estimate of drug-likeness (QED) is 0.189. The van der Waals surface area contributed by atoms with Gasteiger partial charge >= 0.3 is 29.8 Å². The van der Waals surface area contributed by atoms with Crippen molar-refractivity contribution in [2.45, 2.75) is 34.6 Å². The molecular formula is C32H30O10. The Hall–Kier alpha value is -5.51. The monoisotopic (exact) mass is 574 g/mol. The molecule has 0 aliphatic rings. The summed E-state index contributed by atoms with van der Waals surface area (Å²) in [5.74, 6) is -3.97. The van der Waals surface area contributed by atoms with Crippen LogP contribution in [0.1, 0.15) is 40.2 Å². The van der Waals surface area contributed by atoms with Gasteiger partial charge in [-0.25, -0.2) is 24.0 Å². The van der Waals surface area contributed by atoms with E-state index in [0.29, 0.717) is 11.1 Å². The summed E-state index contributed by atoms with van der Waals surface area (Å²) in [4.78, 5) is 61.0. The highest BCUT2D eigenvalue weighted by molar-refractivity contribution is 5.94. The Balaban J connectivity index is 2.43. The second-order valence-electron chi connectivity index (χ2n) is 9.26. The van der Waals surface area contributed by atoms with Crippen LogP contribution in [0.3, 0.4) is 0 Å². The molecule has 42 heavy (non-hydrogen) atoms. The maximum atomic E-state index is 12.8. The number of hydrogen-bond donors (Lipinski definition) is 0. The van der Waals surface area contributed by atoms with Gasteiger partial charge in [0.2, 0.25) is 0 Å². The Morgan fingerprint density at radius 3 is 1.02 bits per heavy atom. The summed E-state index contributed by atoms with van der Waals surface area (Å²) < 4.78 is 26.4. The van der Waals surface area contributed by atoms with E-state index in [0.717, 1.165) is 6.08 Å². The summed E-state index contributed by atoms with van der Waals surface area (Å²) in [7, 11) is 0. The zero-order chi connectivity index (χ0) is 31.7. The van der Waals surface area contributed by atoms with E-state index in [1.807, 2.05) is 0 Å². The molecule has 2 rings (SSSR count). The van der Waals surface area contributed by atoms with Crippen LogP contribution in [0.4, 0.5) is 0 Å². The van der Waals surface area contributed by atoms with Gasteiger partial charge in [-0.2, -0.15) is 0 Å².